The number of carbonyl (C=O) groups is 1. The van der Waals surface area contributed by atoms with Crippen LogP contribution in [0.2, 0.25) is 0 Å². The van der Waals surface area contributed by atoms with Gasteiger partial charge in [0.15, 0.2) is 0 Å². The highest BCUT2D eigenvalue weighted by Gasteiger charge is 2.39. The molecule has 4 aromatic carbocycles. The molecule has 0 spiro atoms. The van der Waals surface area contributed by atoms with Crippen molar-refractivity contribution in [3.05, 3.63) is 83.9 Å². The molecule has 28 heavy (non-hydrogen) atoms. The molecule has 0 bridgehead atoms. The average molecular weight is 368 g/mol. The monoisotopic (exact) mass is 368 g/mol. The molecule has 138 valence electrons. The van der Waals surface area contributed by atoms with Crippen LogP contribution in [0.5, 0.6) is 11.5 Å². The molecule has 0 unspecified atom stereocenters. The van der Waals surface area contributed by atoms with Crippen LogP contribution in [0.1, 0.15) is 30.9 Å². The molecule has 0 aromatic heterocycles. The third kappa shape index (κ3) is 2.40. The van der Waals surface area contributed by atoms with E-state index in [-0.39, 0.29) is 6.42 Å². The van der Waals surface area contributed by atoms with Crippen LogP contribution in [0.4, 0.5) is 0 Å². The van der Waals surface area contributed by atoms with Crippen molar-refractivity contribution in [2.45, 2.75) is 25.2 Å². The maximum absolute atomic E-state index is 11.4. The number of benzene rings is 4. The Labute approximate surface area is 163 Å². The molecule has 3 heteroatoms. The van der Waals surface area contributed by atoms with Crippen molar-refractivity contribution in [3.8, 4) is 11.5 Å². The lowest BCUT2D eigenvalue weighted by atomic mass is 9.70. The van der Waals surface area contributed by atoms with Gasteiger partial charge in [-0.25, -0.2) is 0 Å². The van der Waals surface area contributed by atoms with Gasteiger partial charge in [-0.2, -0.15) is 0 Å². The van der Waals surface area contributed by atoms with Gasteiger partial charge in [-0.15, -0.1) is 0 Å². The second kappa shape index (κ2) is 6.10. The van der Waals surface area contributed by atoms with Crippen molar-refractivity contribution < 1.29 is 14.6 Å². The first-order valence-electron chi connectivity index (χ1n) is 9.52. The summed E-state index contributed by atoms with van der Waals surface area (Å²) in [5.41, 5.74) is 1.67. The van der Waals surface area contributed by atoms with E-state index in [4.69, 9.17) is 4.74 Å². The summed E-state index contributed by atoms with van der Waals surface area (Å²) in [6.45, 7) is 2.14. The zero-order valence-electron chi connectivity index (χ0n) is 15.6. The Hall–Kier alpha value is -3.33. The Morgan fingerprint density at radius 1 is 0.821 bits per heavy atom. The third-order valence-electron chi connectivity index (χ3n) is 5.99. The van der Waals surface area contributed by atoms with Crippen LogP contribution in [0.15, 0.2) is 72.8 Å². The first kappa shape index (κ1) is 16.8. The van der Waals surface area contributed by atoms with E-state index in [9.17, 15) is 9.90 Å². The maximum atomic E-state index is 11.4. The minimum absolute atomic E-state index is 0.106. The van der Waals surface area contributed by atoms with Gasteiger partial charge in [0.05, 0.1) is 0 Å². The molecule has 0 saturated heterocycles. The molecule has 4 aromatic rings. The molecule has 0 amide bonds. The Morgan fingerprint density at radius 3 is 1.82 bits per heavy atom. The van der Waals surface area contributed by atoms with Crippen LogP contribution >= 0.6 is 0 Å². The molecule has 0 fully saturated rings. The van der Waals surface area contributed by atoms with E-state index in [0.29, 0.717) is 6.42 Å². The van der Waals surface area contributed by atoms with Crippen LogP contribution in [-0.2, 0) is 10.2 Å². The van der Waals surface area contributed by atoms with E-state index in [0.717, 1.165) is 44.2 Å². The smallest absolute Gasteiger partial charge is 0.303 e. The van der Waals surface area contributed by atoms with E-state index in [2.05, 4.69) is 55.5 Å². The number of fused-ring (bicyclic) bond motifs is 6. The number of aliphatic carboxylic acids is 1. The molecule has 1 N–H and O–H groups in total. The second-order valence-corrected chi connectivity index (χ2v) is 7.65. The minimum atomic E-state index is -0.780. The van der Waals surface area contributed by atoms with Crippen LogP contribution in [0.25, 0.3) is 21.5 Å². The summed E-state index contributed by atoms with van der Waals surface area (Å²) in [6, 6.07) is 24.7. The van der Waals surface area contributed by atoms with Crippen molar-refractivity contribution in [1.29, 1.82) is 0 Å². The largest absolute Gasteiger partial charge is 0.481 e. The van der Waals surface area contributed by atoms with Crippen LogP contribution in [0, 0.1) is 0 Å². The van der Waals surface area contributed by atoms with Gasteiger partial charge in [0.2, 0.25) is 0 Å². The minimum Gasteiger partial charge on any atom is -0.481 e. The number of hydrogen-bond donors (Lipinski definition) is 1. The van der Waals surface area contributed by atoms with Gasteiger partial charge in [0.25, 0.3) is 0 Å². The first-order valence-corrected chi connectivity index (χ1v) is 9.52. The topological polar surface area (TPSA) is 46.5 Å². The van der Waals surface area contributed by atoms with Crippen LogP contribution in [0.3, 0.4) is 0 Å². The summed E-state index contributed by atoms with van der Waals surface area (Å²) in [5.74, 6) is 0.905. The van der Waals surface area contributed by atoms with E-state index in [1.807, 2.05) is 24.3 Å². The highest BCUT2D eigenvalue weighted by molar-refractivity contribution is 5.95. The van der Waals surface area contributed by atoms with E-state index in [1.165, 1.54) is 0 Å². The van der Waals surface area contributed by atoms with E-state index < -0.39 is 11.4 Å². The second-order valence-electron chi connectivity index (χ2n) is 7.65. The van der Waals surface area contributed by atoms with Crippen molar-refractivity contribution >= 4 is 27.5 Å². The molecule has 0 saturated carbocycles. The van der Waals surface area contributed by atoms with Gasteiger partial charge in [-0.3, -0.25) is 4.79 Å². The normalized spacial score (nSPS) is 14.3. The molecule has 1 aliphatic rings. The van der Waals surface area contributed by atoms with Crippen molar-refractivity contribution in [2.24, 2.45) is 0 Å². The number of rotatable bonds is 3. The predicted molar refractivity (Wildman–Crippen MR) is 111 cm³/mol. The highest BCUT2D eigenvalue weighted by atomic mass is 16.5. The standard InChI is InChI=1S/C25H20O3/c1-25(15-14-22(26)27)20-12-10-16-6-2-4-8-18(16)23(20)28-24-19-9-5-3-7-17(19)11-13-21(24)25/h2-13H,14-15H2,1H3,(H,26,27). The Morgan fingerprint density at radius 2 is 1.32 bits per heavy atom. The summed E-state index contributed by atoms with van der Waals surface area (Å²) >= 11 is 0. The van der Waals surface area contributed by atoms with E-state index in [1.54, 1.807) is 0 Å². The number of ether oxygens (including phenoxy) is 1. The van der Waals surface area contributed by atoms with Gasteiger partial charge in [0.1, 0.15) is 11.5 Å². The predicted octanol–water partition coefficient (Wildman–Crippen LogP) is 6.27. The van der Waals surface area contributed by atoms with Crippen LogP contribution < -0.4 is 4.74 Å². The quantitative estimate of drug-likeness (QED) is 0.463. The lowest BCUT2D eigenvalue weighted by Gasteiger charge is -2.38. The first-order chi connectivity index (χ1) is 13.6. The Kier molecular flexibility index (Phi) is 3.66. The molecule has 0 aliphatic carbocycles. The fourth-order valence-corrected chi connectivity index (χ4v) is 4.45. The highest BCUT2D eigenvalue weighted by Crippen LogP contribution is 2.54. The zero-order chi connectivity index (χ0) is 19.3. The fourth-order valence-electron chi connectivity index (χ4n) is 4.45. The number of carboxylic acid groups (broad SMARTS) is 1. The van der Waals surface area contributed by atoms with E-state index >= 15 is 0 Å². The van der Waals surface area contributed by atoms with Gasteiger partial charge < -0.3 is 9.84 Å². The molecular formula is C25H20O3. The fraction of sp³-hybridized carbons (Fsp3) is 0.160. The maximum Gasteiger partial charge on any atom is 0.303 e. The molecular weight excluding hydrogens is 348 g/mol. The van der Waals surface area contributed by atoms with Gasteiger partial charge in [-0.05, 0) is 17.2 Å². The van der Waals surface area contributed by atoms with Crippen molar-refractivity contribution in [1.82, 2.24) is 0 Å². The Balaban J connectivity index is 1.84. The Bertz CT molecular complexity index is 1150. The van der Waals surface area contributed by atoms with Gasteiger partial charge in [-0.1, -0.05) is 79.7 Å². The molecule has 0 radical (unpaired) electrons. The number of hydrogen-bond acceptors (Lipinski definition) is 2. The third-order valence-corrected chi connectivity index (χ3v) is 5.99. The molecule has 1 aliphatic heterocycles. The van der Waals surface area contributed by atoms with Gasteiger partial charge in [0, 0.05) is 33.7 Å². The summed E-state index contributed by atoms with van der Waals surface area (Å²) in [5, 5.41) is 13.7. The molecule has 5 rings (SSSR count). The van der Waals surface area contributed by atoms with Gasteiger partial charge >= 0.3 is 5.97 Å². The van der Waals surface area contributed by atoms with Crippen molar-refractivity contribution in [3.63, 3.8) is 0 Å². The summed E-state index contributed by atoms with van der Waals surface area (Å²) in [4.78, 5) is 11.4. The summed E-state index contributed by atoms with van der Waals surface area (Å²) in [6.07, 6.45) is 0.622. The molecule has 3 nitrogen and oxygen atoms in total. The van der Waals surface area contributed by atoms with Crippen molar-refractivity contribution in [2.75, 3.05) is 0 Å². The lowest BCUT2D eigenvalue weighted by molar-refractivity contribution is -0.137. The summed E-state index contributed by atoms with van der Waals surface area (Å²) in [7, 11) is 0. The SMILES string of the molecule is CC1(CCC(=O)O)c2ccc3ccccc3c2Oc2c1ccc1ccccc21. The molecule has 0 atom stereocenters. The van der Waals surface area contributed by atoms with Crippen LogP contribution in [-0.4, -0.2) is 11.1 Å². The summed E-state index contributed by atoms with van der Waals surface area (Å²) < 4.78 is 6.56. The lowest BCUT2D eigenvalue weighted by Crippen LogP contribution is -2.29. The molecule has 1 heterocycles. The average Bonchev–Trinajstić information content (AvgIpc) is 2.72. The number of carboxylic acids is 1. The zero-order valence-corrected chi connectivity index (χ0v) is 15.6.